The number of benzene rings is 2. The normalized spacial score (nSPS) is 13.8. The van der Waals surface area contributed by atoms with E-state index in [1.807, 2.05) is 0 Å². The monoisotopic (exact) mass is 386 g/mol. The molecule has 138 valence electrons. The third-order valence-corrected chi connectivity index (χ3v) is 4.26. The van der Waals surface area contributed by atoms with E-state index >= 15 is 0 Å². The highest BCUT2D eigenvalue weighted by molar-refractivity contribution is 6.53. The zero-order valence-electron chi connectivity index (χ0n) is 14.5. The molecule has 0 bridgehead atoms. The molecule has 3 rings (SSSR count). The van der Waals surface area contributed by atoms with Crippen LogP contribution in [-0.2, 0) is 14.3 Å². The van der Waals surface area contributed by atoms with Crippen LogP contribution >= 0.6 is 11.6 Å². The molecule has 0 aliphatic carbocycles. The Bertz CT molecular complexity index is 953. The Morgan fingerprint density at radius 2 is 1.74 bits per heavy atom. The first-order valence-electron chi connectivity index (χ1n) is 7.84. The van der Waals surface area contributed by atoms with Crippen molar-refractivity contribution < 1.29 is 23.9 Å². The molecule has 7 nitrogen and oxygen atoms in total. The number of halogens is 1. The Morgan fingerprint density at radius 3 is 2.37 bits per heavy atom. The molecule has 0 fully saturated rings. The largest absolute Gasteiger partial charge is 0.497 e. The van der Waals surface area contributed by atoms with Crippen LogP contribution in [0.3, 0.4) is 0 Å². The first kappa shape index (κ1) is 18.5. The van der Waals surface area contributed by atoms with Crippen LogP contribution in [0.15, 0.2) is 59.3 Å². The fourth-order valence-corrected chi connectivity index (χ4v) is 2.77. The minimum Gasteiger partial charge on any atom is -0.497 e. The molecule has 0 atom stereocenters. The van der Waals surface area contributed by atoms with E-state index < -0.39 is 17.8 Å². The van der Waals surface area contributed by atoms with Crippen molar-refractivity contribution in [2.45, 2.75) is 0 Å². The smallest absolute Gasteiger partial charge is 0.337 e. The zero-order chi connectivity index (χ0) is 19.6. The Hall–Kier alpha value is -3.32. The number of carbonyl (C=O) groups excluding carboxylic acids is 3. The summed E-state index contributed by atoms with van der Waals surface area (Å²) in [7, 11) is 2.79. The second-order valence-electron chi connectivity index (χ2n) is 5.53. The van der Waals surface area contributed by atoms with Gasteiger partial charge in [0, 0.05) is 5.69 Å². The minimum absolute atomic E-state index is 0.0460. The second kappa shape index (κ2) is 7.51. The van der Waals surface area contributed by atoms with Gasteiger partial charge in [-0.2, -0.15) is 0 Å². The highest BCUT2D eigenvalue weighted by Crippen LogP contribution is 2.31. The van der Waals surface area contributed by atoms with Gasteiger partial charge in [-0.25, -0.2) is 9.69 Å². The maximum absolute atomic E-state index is 12.8. The summed E-state index contributed by atoms with van der Waals surface area (Å²) in [5, 5.41) is 2.62. The summed E-state index contributed by atoms with van der Waals surface area (Å²) >= 11 is 6.10. The van der Waals surface area contributed by atoms with E-state index in [4.69, 9.17) is 16.3 Å². The fraction of sp³-hybridized carbons (Fsp3) is 0.105. The molecule has 0 aromatic heterocycles. The third-order valence-electron chi connectivity index (χ3n) is 3.91. The van der Waals surface area contributed by atoms with Gasteiger partial charge in [-0.05, 0) is 42.5 Å². The molecule has 2 aromatic rings. The van der Waals surface area contributed by atoms with E-state index in [0.717, 1.165) is 4.90 Å². The Balaban J connectivity index is 1.88. The van der Waals surface area contributed by atoms with Crippen LogP contribution in [0.2, 0.25) is 0 Å². The Labute approximate surface area is 160 Å². The van der Waals surface area contributed by atoms with E-state index in [1.165, 1.54) is 25.3 Å². The molecule has 1 aliphatic heterocycles. The average molecular weight is 387 g/mol. The average Bonchev–Trinajstić information content (AvgIpc) is 2.91. The quantitative estimate of drug-likeness (QED) is 0.628. The number of amides is 2. The predicted molar refractivity (Wildman–Crippen MR) is 99.8 cm³/mol. The predicted octanol–water partition coefficient (Wildman–Crippen LogP) is 2.92. The standard InChI is InChI=1S/C19H15ClN2O5/c1-26-14-8-6-12(7-9-14)21-16-15(20)17(23)22(18(16)24)13-5-3-4-11(10-13)19(25)27-2/h3-10,21H,1-2H3. The lowest BCUT2D eigenvalue weighted by Gasteiger charge is -2.16. The maximum Gasteiger partial charge on any atom is 0.337 e. The summed E-state index contributed by atoms with van der Waals surface area (Å²) < 4.78 is 9.74. The van der Waals surface area contributed by atoms with Gasteiger partial charge in [0.05, 0.1) is 25.5 Å². The van der Waals surface area contributed by atoms with Crippen LogP contribution in [0.1, 0.15) is 10.4 Å². The molecule has 27 heavy (non-hydrogen) atoms. The number of esters is 1. The van der Waals surface area contributed by atoms with Gasteiger partial charge >= 0.3 is 5.97 Å². The number of nitrogens with zero attached hydrogens (tertiary/aromatic N) is 1. The van der Waals surface area contributed by atoms with Gasteiger partial charge in [-0.1, -0.05) is 17.7 Å². The molecule has 0 radical (unpaired) electrons. The summed E-state index contributed by atoms with van der Waals surface area (Å²) in [5.41, 5.74) is 0.950. The zero-order valence-corrected chi connectivity index (χ0v) is 15.2. The number of rotatable bonds is 5. The van der Waals surface area contributed by atoms with Crippen molar-refractivity contribution in [2.24, 2.45) is 0 Å². The summed E-state index contributed by atoms with van der Waals surface area (Å²) in [6.45, 7) is 0. The molecule has 1 N–H and O–H groups in total. The van der Waals surface area contributed by atoms with Gasteiger partial charge in [0.15, 0.2) is 0 Å². The molecule has 0 unspecified atom stereocenters. The number of hydrogen-bond donors (Lipinski definition) is 1. The molecule has 0 saturated heterocycles. The number of nitrogens with one attached hydrogen (secondary N) is 1. The molecule has 2 aromatic carbocycles. The van der Waals surface area contributed by atoms with Gasteiger partial charge in [0.1, 0.15) is 16.5 Å². The highest BCUT2D eigenvalue weighted by atomic mass is 35.5. The van der Waals surface area contributed by atoms with Gasteiger partial charge in [-0.15, -0.1) is 0 Å². The molecular formula is C19H15ClN2O5. The number of anilines is 2. The number of hydrogen-bond acceptors (Lipinski definition) is 6. The van der Waals surface area contributed by atoms with E-state index in [1.54, 1.807) is 37.4 Å². The van der Waals surface area contributed by atoms with Crippen LogP contribution in [0.5, 0.6) is 5.75 Å². The van der Waals surface area contributed by atoms with E-state index in [-0.39, 0.29) is 22.0 Å². The lowest BCUT2D eigenvalue weighted by molar-refractivity contribution is -0.120. The first-order valence-corrected chi connectivity index (χ1v) is 8.22. The molecule has 1 heterocycles. The van der Waals surface area contributed by atoms with Crippen LogP contribution in [0.25, 0.3) is 0 Å². The molecule has 2 amide bonds. The van der Waals surface area contributed by atoms with Crippen molar-refractivity contribution in [1.82, 2.24) is 0 Å². The lowest BCUT2D eigenvalue weighted by atomic mass is 10.2. The molecule has 0 spiro atoms. The second-order valence-corrected chi connectivity index (χ2v) is 5.91. The summed E-state index contributed by atoms with van der Waals surface area (Å²) in [5.74, 6) is -1.23. The SMILES string of the molecule is COC(=O)c1cccc(N2C(=O)C(Cl)=C(Nc3ccc(OC)cc3)C2=O)c1. The van der Waals surface area contributed by atoms with Crippen LogP contribution in [0, 0.1) is 0 Å². The third kappa shape index (κ3) is 3.50. The van der Waals surface area contributed by atoms with Crippen molar-refractivity contribution in [3.05, 3.63) is 64.8 Å². The van der Waals surface area contributed by atoms with Crippen molar-refractivity contribution in [3.63, 3.8) is 0 Å². The number of methoxy groups -OCH3 is 2. The van der Waals surface area contributed by atoms with Gasteiger partial charge < -0.3 is 14.8 Å². The number of carbonyl (C=O) groups is 3. The summed E-state index contributed by atoms with van der Waals surface area (Å²) in [6, 6.07) is 12.8. The topological polar surface area (TPSA) is 84.9 Å². The summed E-state index contributed by atoms with van der Waals surface area (Å²) in [4.78, 5) is 37.9. The van der Waals surface area contributed by atoms with E-state index in [9.17, 15) is 14.4 Å². The van der Waals surface area contributed by atoms with Crippen LogP contribution < -0.4 is 15.0 Å². The van der Waals surface area contributed by atoms with Crippen molar-refractivity contribution in [1.29, 1.82) is 0 Å². The Morgan fingerprint density at radius 1 is 1.04 bits per heavy atom. The fourth-order valence-electron chi connectivity index (χ4n) is 2.55. The highest BCUT2D eigenvalue weighted by Gasteiger charge is 2.39. The number of imide groups is 1. The molecule has 1 aliphatic rings. The molecule has 0 saturated carbocycles. The summed E-state index contributed by atoms with van der Waals surface area (Å²) in [6.07, 6.45) is 0. The Kier molecular flexibility index (Phi) is 5.14. The van der Waals surface area contributed by atoms with Gasteiger partial charge in [-0.3, -0.25) is 9.59 Å². The molecular weight excluding hydrogens is 372 g/mol. The minimum atomic E-state index is -0.681. The lowest BCUT2D eigenvalue weighted by Crippen LogP contribution is -2.32. The van der Waals surface area contributed by atoms with Crippen molar-refractivity contribution in [2.75, 3.05) is 24.4 Å². The molecule has 8 heteroatoms. The van der Waals surface area contributed by atoms with Crippen LogP contribution in [-0.4, -0.2) is 32.0 Å². The van der Waals surface area contributed by atoms with E-state index in [2.05, 4.69) is 10.1 Å². The van der Waals surface area contributed by atoms with Crippen LogP contribution in [0.4, 0.5) is 11.4 Å². The maximum atomic E-state index is 12.8. The van der Waals surface area contributed by atoms with Gasteiger partial charge in [0.25, 0.3) is 11.8 Å². The van der Waals surface area contributed by atoms with Crippen molar-refractivity contribution in [3.8, 4) is 5.75 Å². The number of ether oxygens (including phenoxy) is 2. The van der Waals surface area contributed by atoms with Gasteiger partial charge in [0.2, 0.25) is 0 Å². The van der Waals surface area contributed by atoms with Crippen molar-refractivity contribution >= 4 is 40.8 Å². The van der Waals surface area contributed by atoms with E-state index in [0.29, 0.717) is 11.4 Å². The first-order chi connectivity index (χ1) is 13.0.